The summed E-state index contributed by atoms with van der Waals surface area (Å²) >= 11 is 0. The van der Waals surface area contributed by atoms with Crippen molar-refractivity contribution in [2.45, 2.75) is 38.9 Å². The van der Waals surface area contributed by atoms with Crippen LogP contribution in [-0.4, -0.2) is 18.3 Å². The Morgan fingerprint density at radius 3 is 1.88 bits per heavy atom. The monoisotopic (exact) mass is 536 g/mol. The third kappa shape index (κ3) is 3.69. The van der Waals surface area contributed by atoms with Gasteiger partial charge in [0.15, 0.2) is 0 Å². The minimum atomic E-state index is -0.395. The quantitative estimate of drug-likeness (QED) is 0.211. The highest BCUT2D eigenvalue weighted by Crippen LogP contribution is 2.44. The lowest BCUT2D eigenvalue weighted by atomic mass is 9.78. The Morgan fingerprint density at radius 1 is 0.512 bits per heavy atom. The Balaban J connectivity index is 1.31. The fourth-order valence-corrected chi connectivity index (χ4v) is 6.00. The Hall–Kier alpha value is -4.32. The maximum Gasteiger partial charge on any atom is 0.494 e. The molecule has 0 radical (unpaired) electrons. The molecule has 1 aliphatic rings. The van der Waals surface area contributed by atoms with Crippen LogP contribution in [0.2, 0.25) is 0 Å². The van der Waals surface area contributed by atoms with Gasteiger partial charge in [0, 0.05) is 27.1 Å². The van der Waals surface area contributed by atoms with Gasteiger partial charge in [-0.05, 0) is 74.1 Å². The minimum absolute atomic E-state index is 0.380. The van der Waals surface area contributed by atoms with Crippen LogP contribution in [0.4, 0.5) is 0 Å². The molecule has 0 saturated carbocycles. The first-order chi connectivity index (χ1) is 19.8. The average molecular weight is 536 g/mol. The minimum Gasteiger partial charge on any atom is -0.456 e. The highest BCUT2D eigenvalue weighted by molar-refractivity contribution is 6.62. The zero-order chi connectivity index (χ0) is 27.9. The van der Waals surface area contributed by atoms with Crippen molar-refractivity contribution < 1.29 is 18.1 Å². The van der Waals surface area contributed by atoms with Gasteiger partial charge in [0.1, 0.15) is 22.3 Å². The molecule has 0 spiro atoms. The summed E-state index contributed by atoms with van der Waals surface area (Å²) in [6.45, 7) is 8.31. The Kier molecular flexibility index (Phi) is 5.13. The molecule has 4 nitrogen and oxygen atoms in total. The van der Waals surface area contributed by atoms with Crippen LogP contribution in [0.5, 0.6) is 0 Å². The summed E-state index contributed by atoms with van der Waals surface area (Å²) in [4.78, 5) is 0. The Bertz CT molecular complexity index is 2100. The number of rotatable bonds is 3. The molecule has 0 bridgehead atoms. The fraction of sp³-hybridized carbons (Fsp3) is 0.167. The maximum atomic E-state index is 6.47. The molecule has 0 unspecified atom stereocenters. The van der Waals surface area contributed by atoms with Crippen molar-refractivity contribution in [3.05, 3.63) is 103 Å². The van der Waals surface area contributed by atoms with Crippen molar-refractivity contribution >= 4 is 56.5 Å². The smallest absolute Gasteiger partial charge is 0.456 e. The zero-order valence-corrected chi connectivity index (χ0v) is 23.5. The molecule has 3 heterocycles. The summed E-state index contributed by atoms with van der Waals surface area (Å²) in [6, 6.07) is 35.7. The summed E-state index contributed by atoms with van der Waals surface area (Å²) in [5.74, 6) is 0. The molecule has 1 aliphatic heterocycles. The standard InChI is InChI=1S/C36H29BO4/c1-35(2)36(3,4)41-37(40-35)24-18-16-22(17-19-24)23-20-29(33-28-11-6-8-15-31(28)38-32(33)21-23)27-13-9-12-26-25-10-5-7-14-30(25)39-34(26)27/h5-21H,1-4H3. The van der Waals surface area contributed by atoms with Crippen molar-refractivity contribution in [1.29, 1.82) is 0 Å². The second-order valence-corrected chi connectivity index (χ2v) is 12.0. The third-order valence-corrected chi connectivity index (χ3v) is 8.94. The van der Waals surface area contributed by atoms with Crippen LogP contribution in [0.1, 0.15) is 27.7 Å². The first-order valence-corrected chi connectivity index (χ1v) is 14.1. The molecular weight excluding hydrogens is 507 g/mol. The lowest BCUT2D eigenvalue weighted by Gasteiger charge is -2.32. The molecule has 5 heteroatoms. The number of furan rings is 2. The van der Waals surface area contributed by atoms with E-state index in [2.05, 4.69) is 107 Å². The molecule has 200 valence electrons. The van der Waals surface area contributed by atoms with Crippen LogP contribution < -0.4 is 5.46 Å². The van der Waals surface area contributed by atoms with Crippen LogP contribution in [0, 0.1) is 0 Å². The predicted molar refractivity (Wildman–Crippen MR) is 168 cm³/mol. The van der Waals surface area contributed by atoms with Gasteiger partial charge in [-0.2, -0.15) is 0 Å². The molecule has 0 amide bonds. The molecule has 1 fully saturated rings. The predicted octanol–water partition coefficient (Wildman–Crippen LogP) is 9.12. The van der Waals surface area contributed by atoms with Crippen LogP contribution >= 0.6 is 0 Å². The summed E-state index contributed by atoms with van der Waals surface area (Å²) in [6.07, 6.45) is 0. The van der Waals surface area contributed by atoms with Crippen molar-refractivity contribution in [2.75, 3.05) is 0 Å². The summed E-state index contributed by atoms with van der Waals surface area (Å²) < 4.78 is 25.5. The summed E-state index contributed by atoms with van der Waals surface area (Å²) in [7, 11) is -0.395. The van der Waals surface area contributed by atoms with Crippen molar-refractivity contribution in [3.63, 3.8) is 0 Å². The summed E-state index contributed by atoms with van der Waals surface area (Å²) in [5, 5.41) is 4.41. The van der Waals surface area contributed by atoms with E-state index in [-0.39, 0.29) is 11.2 Å². The molecule has 1 saturated heterocycles. The largest absolute Gasteiger partial charge is 0.494 e. The van der Waals surface area contributed by atoms with E-state index >= 15 is 0 Å². The molecule has 41 heavy (non-hydrogen) atoms. The highest BCUT2D eigenvalue weighted by atomic mass is 16.7. The Morgan fingerprint density at radius 2 is 1.15 bits per heavy atom. The van der Waals surface area contributed by atoms with E-state index in [0.29, 0.717) is 0 Å². The van der Waals surface area contributed by atoms with Crippen molar-refractivity contribution in [3.8, 4) is 22.3 Å². The molecular formula is C36H29BO4. The number of fused-ring (bicyclic) bond motifs is 6. The molecule has 7 aromatic rings. The third-order valence-electron chi connectivity index (χ3n) is 8.94. The number of para-hydroxylation sites is 3. The van der Waals surface area contributed by atoms with Gasteiger partial charge in [-0.1, -0.05) is 78.9 Å². The zero-order valence-electron chi connectivity index (χ0n) is 23.5. The molecule has 0 N–H and O–H groups in total. The van der Waals surface area contributed by atoms with Crippen LogP contribution in [0.25, 0.3) is 66.1 Å². The number of benzene rings is 5. The van der Waals surface area contributed by atoms with Gasteiger partial charge >= 0.3 is 7.12 Å². The second-order valence-electron chi connectivity index (χ2n) is 12.0. The number of hydrogen-bond acceptors (Lipinski definition) is 4. The van der Waals surface area contributed by atoms with Crippen LogP contribution in [-0.2, 0) is 9.31 Å². The van der Waals surface area contributed by atoms with Gasteiger partial charge in [0.05, 0.1) is 11.2 Å². The lowest BCUT2D eigenvalue weighted by Crippen LogP contribution is -2.41. The van der Waals surface area contributed by atoms with E-state index in [1.807, 2.05) is 24.3 Å². The normalized spacial score (nSPS) is 16.4. The SMILES string of the molecule is CC1(C)OB(c2ccc(-c3cc(-c4cccc5c4oc4ccccc45)c4c(c3)oc3ccccc34)cc2)OC1(C)C. The molecule has 0 aliphatic carbocycles. The van der Waals surface area contributed by atoms with Gasteiger partial charge in [0.2, 0.25) is 0 Å². The first-order valence-electron chi connectivity index (χ1n) is 14.1. The molecule has 2 aromatic heterocycles. The van der Waals surface area contributed by atoms with E-state index in [4.69, 9.17) is 18.1 Å². The Labute approximate surface area is 238 Å². The van der Waals surface area contributed by atoms with E-state index in [1.165, 1.54) is 0 Å². The first kappa shape index (κ1) is 24.5. The fourth-order valence-electron chi connectivity index (χ4n) is 6.00. The van der Waals surface area contributed by atoms with Gasteiger partial charge in [-0.3, -0.25) is 0 Å². The topological polar surface area (TPSA) is 44.7 Å². The summed E-state index contributed by atoms with van der Waals surface area (Å²) in [5.41, 5.74) is 8.02. The maximum absolute atomic E-state index is 6.47. The molecule has 5 aromatic carbocycles. The van der Waals surface area contributed by atoms with Gasteiger partial charge < -0.3 is 18.1 Å². The van der Waals surface area contributed by atoms with E-state index in [9.17, 15) is 0 Å². The highest BCUT2D eigenvalue weighted by Gasteiger charge is 2.51. The van der Waals surface area contributed by atoms with Crippen LogP contribution in [0.15, 0.2) is 112 Å². The molecule has 0 atom stereocenters. The lowest BCUT2D eigenvalue weighted by molar-refractivity contribution is 0.00578. The second kappa shape index (κ2) is 8.59. The van der Waals surface area contributed by atoms with Gasteiger partial charge in [-0.15, -0.1) is 0 Å². The van der Waals surface area contributed by atoms with Gasteiger partial charge in [-0.25, -0.2) is 0 Å². The van der Waals surface area contributed by atoms with Crippen LogP contribution in [0.3, 0.4) is 0 Å². The number of hydrogen-bond donors (Lipinski definition) is 0. The molecule has 8 rings (SSSR count). The van der Waals surface area contributed by atoms with E-state index in [0.717, 1.165) is 71.6 Å². The van der Waals surface area contributed by atoms with E-state index in [1.54, 1.807) is 0 Å². The van der Waals surface area contributed by atoms with Crippen molar-refractivity contribution in [2.24, 2.45) is 0 Å². The van der Waals surface area contributed by atoms with Crippen molar-refractivity contribution in [1.82, 2.24) is 0 Å². The average Bonchev–Trinajstić information content (AvgIpc) is 3.61. The van der Waals surface area contributed by atoms with Gasteiger partial charge in [0.25, 0.3) is 0 Å². The van der Waals surface area contributed by atoms with E-state index < -0.39 is 7.12 Å².